The summed E-state index contributed by atoms with van der Waals surface area (Å²) in [6, 6.07) is 27.9. The first kappa shape index (κ1) is 32.1. The maximum atomic E-state index is 13.6. The number of anilines is 3. The molecule has 0 radical (unpaired) electrons. The van der Waals surface area contributed by atoms with E-state index in [1.807, 2.05) is 80.6 Å². The summed E-state index contributed by atoms with van der Waals surface area (Å²) in [5.74, 6) is -0.397. The first-order valence-corrected chi connectivity index (χ1v) is 15.9. The molecule has 1 aliphatic heterocycles. The monoisotopic (exact) mass is 643 g/mol. The van der Waals surface area contributed by atoms with Crippen LogP contribution in [0.25, 0.3) is 10.8 Å². The third-order valence-corrected chi connectivity index (χ3v) is 8.60. The number of aromatic amines is 1. The van der Waals surface area contributed by atoms with Gasteiger partial charge in [0.15, 0.2) is 0 Å². The molecule has 1 unspecified atom stereocenters. The van der Waals surface area contributed by atoms with Gasteiger partial charge in [0.1, 0.15) is 0 Å². The molecule has 4 N–H and O–H groups in total. The third-order valence-electron chi connectivity index (χ3n) is 8.60. The van der Waals surface area contributed by atoms with Gasteiger partial charge < -0.3 is 25.3 Å². The average Bonchev–Trinajstić information content (AvgIpc) is 3.10. The average molecular weight is 644 g/mol. The number of benzene rings is 4. The number of pyridine rings is 1. The Bertz CT molecular complexity index is 2060. The van der Waals surface area contributed by atoms with Gasteiger partial charge in [-0.1, -0.05) is 55.5 Å². The van der Waals surface area contributed by atoms with Gasteiger partial charge in [-0.25, -0.2) is 4.79 Å². The summed E-state index contributed by atoms with van der Waals surface area (Å²) >= 11 is 0. The number of aromatic nitrogens is 1. The van der Waals surface area contributed by atoms with Crippen molar-refractivity contribution >= 4 is 45.7 Å². The maximum Gasteiger partial charge on any atom is 0.411 e. The molecular formula is C38H37N5O5. The number of nitrogens with one attached hydrogen (secondary N) is 4. The van der Waals surface area contributed by atoms with Crippen molar-refractivity contribution in [1.82, 2.24) is 10.3 Å². The highest BCUT2D eigenvalue weighted by Gasteiger charge is 2.27. The SMILES string of the molecule is Cc1ccccc1C(C)COC(=O)Nc1ccc(N2CCc3ccccc3C2=O)c(CNC(=O)CNc2ccc3cc[nH]c(=O)c3c2)c1. The number of aryl methyl sites for hydroxylation is 1. The topological polar surface area (TPSA) is 133 Å². The summed E-state index contributed by atoms with van der Waals surface area (Å²) in [4.78, 5) is 55.9. The van der Waals surface area contributed by atoms with E-state index in [0.29, 0.717) is 46.5 Å². The summed E-state index contributed by atoms with van der Waals surface area (Å²) in [5, 5.41) is 10.1. The van der Waals surface area contributed by atoms with Crippen LogP contribution >= 0.6 is 0 Å². The molecule has 2 heterocycles. The molecule has 48 heavy (non-hydrogen) atoms. The second-order valence-corrected chi connectivity index (χ2v) is 11.9. The molecule has 0 aliphatic carbocycles. The van der Waals surface area contributed by atoms with Crippen LogP contribution in [0.5, 0.6) is 0 Å². The summed E-state index contributed by atoms with van der Waals surface area (Å²) in [6.07, 6.45) is 1.69. The molecular weight excluding hydrogens is 606 g/mol. The highest BCUT2D eigenvalue weighted by atomic mass is 16.5. The fourth-order valence-corrected chi connectivity index (χ4v) is 6.04. The van der Waals surface area contributed by atoms with E-state index in [9.17, 15) is 19.2 Å². The minimum Gasteiger partial charge on any atom is -0.449 e. The molecule has 1 aromatic heterocycles. The number of H-pyrrole nitrogens is 1. The van der Waals surface area contributed by atoms with Crippen LogP contribution in [-0.2, 0) is 22.5 Å². The highest BCUT2D eigenvalue weighted by Crippen LogP contribution is 2.30. The number of hydrogen-bond acceptors (Lipinski definition) is 6. The zero-order valence-electron chi connectivity index (χ0n) is 26.8. The molecule has 0 saturated carbocycles. The molecule has 0 spiro atoms. The van der Waals surface area contributed by atoms with Gasteiger partial charge in [0, 0.05) is 53.2 Å². The van der Waals surface area contributed by atoms with Crippen LogP contribution in [0.1, 0.15) is 45.5 Å². The van der Waals surface area contributed by atoms with E-state index in [2.05, 4.69) is 20.9 Å². The number of fused-ring (bicyclic) bond motifs is 2. The van der Waals surface area contributed by atoms with Gasteiger partial charge in [-0.15, -0.1) is 0 Å². The van der Waals surface area contributed by atoms with Crippen LogP contribution < -0.4 is 26.4 Å². The quantitative estimate of drug-likeness (QED) is 0.145. The van der Waals surface area contributed by atoms with Crippen molar-refractivity contribution < 1.29 is 19.1 Å². The van der Waals surface area contributed by atoms with Gasteiger partial charge in [0.2, 0.25) is 5.91 Å². The van der Waals surface area contributed by atoms with E-state index in [1.54, 1.807) is 35.4 Å². The van der Waals surface area contributed by atoms with E-state index in [0.717, 1.165) is 22.1 Å². The molecule has 10 nitrogen and oxygen atoms in total. The Balaban J connectivity index is 1.15. The van der Waals surface area contributed by atoms with E-state index in [1.165, 1.54) is 0 Å². The van der Waals surface area contributed by atoms with Crippen molar-refractivity contribution in [2.75, 3.05) is 35.2 Å². The standard InChI is InChI=1S/C38H37N5O5/c1-24-7-3-5-9-31(24)25(2)23-48-38(47)42-30-13-14-34(43-18-16-26-8-4-6-10-32(26)37(43)46)28(19-30)21-41-35(44)22-40-29-12-11-27-15-17-39-36(45)33(27)20-29/h3-15,17,19-20,25,40H,16,18,21-23H2,1-2H3,(H,39,45)(H,41,44)(H,42,47). The van der Waals surface area contributed by atoms with Crippen LogP contribution in [0, 0.1) is 6.92 Å². The molecule has 5 aromatic rings. The number of carbonyl (C=O) groups is 3. The fourth-order valence-electron chi connectivity index (χ4n) is 6.04. The number of nitrogens with zero attached hydrogens (tertiary/aromatic N) is 1. The lowest BCUT2D eigenvalue weighted by Crippen LogP contribution is -2.39. The van der Waals surface area contributed by atoms with Gasteiger partial charge in [0.25, 0.3) is 11.5 Å². The van der Waals surface area contributed by atoms with E-state index in [4.69, 9.17) is 4.74 Å². The lowest BCUT2D eigenvalue weighted by molar-refractivity contribution is -0.119. The molecule has 4 aromatic carbocycles. The largest absolute Gasteiger partial charge is 0.449 e. The van der Waals surface area contributed by atoms with Crippen molar-refractivity contribution in [3.63, 3.8) is 0 Å². The number of amides is 3. The van der Waals surface area contributed by atoms with Crippen molar-refractivity contribution in [2.24, 2.45) is 0 Å². The highest BCUT2D eigenvalue weighted by molar-refractivity contribution is 6.08. The van der Waals surface area contributed by atoms with E-state index >= 15 is 0 Å². The number of rotatable bonds is 10. The molecule has 1 aliphatic rings. The first-order valence-electron chi connectivity index (χ1n) is 15.9. The lowest BCUT2D eigenvalue weighted by atomic mass is 9.97. The fraction of sp³-hybridized carbons (Fsp3) is 0.211. The molecule has 0 bridgehead atoms. The number of carbonyl (C=O) groups excluding carboxylic acids is 3. The number of hydrogen-bond donors (Lipinski definition) is 4. The normalized spacial score (nSPS) is 13.0. The second-order valence-electron chi connectivity index (χ2n) is 11.9. The Morgan fingerprint density at radius 3 is 2.58 bits per heavy atom. The van der Waals surface area contributed by atoms with Crippen molar-refractivity contribution in [3.8, 4) is 0 Å². The van der Waals surface area contributed by atoms with Crippen LogP contribution in [0.2, 0.25) is 0 Å². The molecule has 244 valence electrons. The van der Waals surface area contributed by atoms with E-state index in [-0.39, 0.29) is 43.0 Å². The van der Waals surface area contributed by atoms with Crippen LogP contribution in [0.4, 0.5) is 21.9 Å². The van der Waals surface area contributed by atoms with Crippen LogP contribution in [0.3, 0.4) is 0 Å². The Morgan fingerprint density at radius 1 is 0.938 bits per heavy atom. The van der Waals surface area contributed by atoms with Crippen molar-refractivity contribution in [2.45, 2.75) is 32.7 Å². The van der Waals surface area contributed by atoms with Gasteiger partial charge in [-0.05, 0) is 83.4 Å². The Morgan fingerprint density at radius 2 is 1.73 bits per heavy atom. The maximum absolute atomic E-state index is 13.6. The second kappa shape index (κ2) is 14.3. The molecule has 1 atom stereocenters. The van der Waals surface area contributed by atoms with Gasteiger partial charge >= 0.3 is 6.09 Å². The van der Waals surface area contributed by atoms with Gasteiger partial charge in [0.05, 0.1) is 13.2 Å². The van der Waals surface area contributed by atoms with Gasteiger partial charge in [-0.3, -0.25) is 19.7 Å². The first-order chi connectivity index (χ1) is 23.3. The Hall–Kier alpha value is -5.90. The van der Waals surface area contributed by atoms with Crippen molar-refractivity contribution in [3.05, 3.63) is 135 Å². The predicted molar refractivity (Wildman–Crippen MR) is 188 cm³/mol. The van der Waals surface area contributed by atoms with Crippen LogP contribution in [-0.4, -0.2) is 42.6 Å². The van der Waals surface area contributed by atoms with E-state index < -0.39 is 6.09 Å². The predicted octanol–water partition coefficient (Wildman–Crippen LogP) is 6.12. The lowest BCUT2D eigenvalue weighted by Gasteiger charge is -2.30. The molecule has 3 amide bonds. The Kier molecular flexibility index (Phi) is 9.52. The zero-order valence-corrected chi connectivity index (χ0v) is 26.8. The minimum atomic E-state index is -0.598. The summed E-state index contributed by atoms with van der Waals surface area (Å²) < 4.78 is 5.55. The summed E-state index contributed by atoms with van der Waals surface area (Å²) in [7, 11) is 0. The van der Waals surface area contributed by atoms with Crippen LogP contribution in [0.15, 0.2) is 102 Å². The number of ether oxygens (including phenoxy) is 1. The zero-order chi connectivity index (χ0) is 33.6. The molecule has 0 saturated heterocycles. The van der Waals surface area contributed by atoms with Gasteiger partial charge in [-0.2, -0.15) is 0 Å². The summed E-state index contributed by atoms with van der Waals surface area (Å²) in [5.41, 5.74) is 6.08. The molecule has 6 rings (SSSR count). The minimum absolute atomic E-state index is 0.0157. The smallest absolute Gasteiger partial charge is 0.411 e. The Labute approximate surface area is 278 Å². The van der Waals surface area contributed by atoms with Crippen molar-refractivity contribution in [1.29, 1.82) is 0 Å². The molecule has 10 heteroatoms. The summed E-state index contributed by atoms with van der Waals surface area (Å²) in [6.45, 7) is 4.79. The molecule has 0 fully saturated rings. The third kappa shape index (κ3) is 7.23.